The Kier molecular flexibility index (Phi) is 3.95. The van der Waals surface area contributed by atoms with Gasteiger partial charge in [-0.2, -0.15) is 0 Å². The maximum atomic E-state index is 12.9. The summed E-state index contributed by atoms with van der Waals surface area (Å²) in [4.78, 5) is 27.6. The lowest BCUT2D eigenvalue weighted by molar-refractivity contribution is -0.160. The van der Waals surface area contributed by atoms with E-state index in [4.69, 9.17) is 4.74 Å². The number of carbonyl (C=O) groups excluding carboxylic acids is 2. The van der Waals surface area contributed by atoms with Gasteiger partial charge >= 0.3 is 0 Å². The first kappa shape index (κ1) is 14.8. The number of nitrogens with one attached hydrogen (secondary N) is 1. The van der Waals surface area contributed by atoms with Crippen LogP contribution in [0.4, 0.5) is 0 Å². The van der Waals surface area contributed by atoms with Gasteiger partial charge in [0.1, 0.15) is 11.6 Å². The van der Waals surface area contributed by atoms with Crippen molar-refractivity contribution in [2.24, 2.45) is 11.8 Å². The molecule has 0 aromatic heterocycles. The van der Waals surface area contributed by atoms with Crippen LogP contribution < -0.4 is 5.32 Å². The van der Waals surface area contributed by atoms with Gasteiger partial charge in [-0.3, -0.25) is 9.59 Å². The second-order valence-corrected chi connectivity index (χ2v) is 6.71. The highest BCUT2D eigenvalue weighted by Crippen LogP contribution is 2.39. The molecule has 3 rings (SSSR count). The molecule has 3 aliphatic rings. The molecule has 2 saturated heterocycles. The zero-order chi connectivity index (χ0) is 15.0. The van der Waals surface area contributed by atoms with Crippen molar-refractivity contribution in [2.75, 3.05) is 19.8 Å². The normalized spacial score (nSPS) is 32.4. The third-order valence-electron chi connectivity index (χ3n) is 5.49. The number of nitrogens with zero attached hydrogens (tertiary/aromatic N) is 1. The highest BCUT2D eigenvalue weighted by atomic mass is 16.5. The summed E-state index contributed by atoms with van der Waals surface area (Å²) in [5.41, 5.74) is -0.662. The van der Waals surface area contributed by atoms with E-state index in [1.165, 1.54) is 0 Å². The van der Waals surface area contributed by atoms with Crippen LogP contribution in [-0.2, 0) is 14.3 Å². The zero-order valence-corrected chi connectivity index (χ0v) is 13.1. The molecule has 1 saturated carbocycles. The Labute approximate surface area is 126 Å². The maximum Gasteiger partial charge on any atom is 0.246 e. The Morgan fingerprint density at radius 1 is 1.24 bits per heavy atom. The van der Waals surface area contributed by atoms with Crippen molar-refractivity contribution in [3.63, 3.8) is 0 Å². The van der Waals surface area contributed by atoms with Gasteiger partial charge in [-0.15, -0.1) is 0 Å². The summed E-state index contributed by atoms with van der Waals surface area (Å²) in [5.74, 6) is 0.906. The van der Waals surface area contributed by atoms with Crippen molar-refractivity contribution in [2.45, 2.75) is 57.5 Å². The Morgan fingerprint density at radius 2 is 1.95 bits per heavy atom. The Hall–Kier alpha value is -1.10. The molecular weight excluding hydrogens is 268 g/mol. The van der Waals surface area contributed by atoms with Gasteiger partial charge in [0.05, 0.1) is 6.61 Å². The van der Waals surface area contributed by atoms with Crippen LogP contribution in [-0.4, -0.2) is 48.1 Å². The molecule has 0 aromatic rings. The summed E-state index contributed by atoms with van der Waals surface area (Å²) in [6.45, 7) is 6.16. The van der Waals surface area contributed by atoms with Gasteiger partial charge in [0.2, 0.25) is 11.8 Å². The lowest BCUT2D eigenvalue weighted by Crippen LogP contribution is -2.71. The molecule has 0 aromatic carbocycles. The first-order valence-corrected chi connectivity index (χ1v) is 8.32. The minimum Gasteiger partial charge on any atom is -0.381 e. The Morgan fingerprint density at radius 3 is 2.48 bits per heavy atom. The molecule has 21 heavy (non-hydrogen) atoms. The van der Waals surface area contributed by atoms with Crippen LogP contribution in [0.3, 0.4) is 0 Å². The molecule has 5 nitrogen and oxygen atoms in total. The van der Waals surface area contributed by atoms with Gasteiger partial charge in [-0.25, -0.2) is 0 Å². The standard InChI is InChI=1S/C16H26N2O3/c1-3-16(4-2)15(20)17-13(12-5-6-12)14(19)18(16)9-11-7-8-21-10-11/h11-13H,3-10H2,1-2H3,(H,17,20). The molecule has 1 aliphatic carbocycles. The monoisotopic (exact) mass is 294 g/mol. The lowest BCUT2D eigenvalue weighted by atomic mass is 9.84. The van der Waals surface area contributed by atoms with Crippen molar-refractivity contribution in [3.05, 3.63) is 0 Å². The third kappa shape index (κ3) is 2.45. The highest BCUT2D eigenvalue weighted by Gasteiger charge is 2.53. The summed E-state index contributed by atoms with van der Waals surface area (Å²) < 4.78 is 5.44. The summed E-state index contributed by atoms with van der Waals surface area (Å²) in [7, 11) is 0. The average molecular weight is 294 g/mol. The SMILES string of the molecule is CCC1(CC)C(=O)NC(C2CC2)C(=O)N1CC1CCOC1. The second kappa shape index (κ2) is 5.59. The molecule has 2 amide bonds. The summed E-state index contributed by atoms with van der Waals surface area (Å²) in [5, 5.41) is 3.01. The summed E-state index contributed by atoms with van der Waals surface area (Å²) in [6.07, 6.45) is 4.45. The molecule has 2 unspecified atom stereocenters. The van der Waals surface area contributed by atoms with E-state index in [0.717, 1.165) is 25.9 Å². The third-order valence-corrected chi connectivity index (χ3v) is 5.49. The van der Waals surface area contributed by atoms with Crippen molar-refractivity contribution in [3.8, 4) is 0 Å². The molecule has 2 aliphatic heterocycles. The second-order valence-electron chi connectivity index (χ2n) is 6.71. The van der Waals surface area contributed by atoms with E-state index in [0.29, 0.717) is 37.8 Å². The fourth-order valence-electron chi connectivity index (χ4n) is 3.79. The molecule has 0 radical (unpaired) electrons. The van der Waals surface area contributed by atoms with Gasteiger partial charge in [-0.05, 0) is 38.0 Å². The lowest BCUT2D eigenvalue weighted by Gasteiger charge is -2.48. The molecule has 3 fully saturated rings. The van der Waals surface area contributed by atoms with E-state index >= 15 is 0 Å². The number of rotatable bonds is 5. The quantitative estimate of drug-likeness (QED) is 0.832. The smallest absolute Gasteiger partial charge is 0.246 e. The Balaban J connectivity index is 1.86. The van der Waals surface area contributed by atoms with Gasteiger partial charge in [0.25, 0.3) is 0 Å². The number of ether oxygens (including phenoxy) is 1. The van der Waals surface area contributed by atoms with Gasteiger partial charge in [0.15, 0.2) is 0 Å². The van der Waals surface area contributed by atoms with Crippen LogP contribution >= 0.6 is 0 Å². The van der Waals surface area contributed by atoms with E-state index in [1.54, 1.807) is 0 Å². The van der Waals surface area contributed by atoms with Crippen molar-refractivity contribution < 1.29 is 14.3 Å². The topological polar surface area (TPSA) is 58.6 Å². The zero-order valence-electron chi connectivity index (χ0n) is 13.1. The van der Waals surface area contributed by atoms with Gasteiger partial charge in [-0.1, -0.05) is 13.8 Å². The molecule has 5 heteroatoms. The minimum atomic E-state index is -0.662. The molecule has 2 heterocycles. The summed E-state index contributed by atoms with van der Waals surface area (Å²) in [6, 6.07) is -0.286. The van der Waals surface area contributed by atoms with E-state index in [1.807, 2.05) is 18.7 Å². The van der Waals surface area contributed by atoms with Crippen molar-refractivity contribution >= 4 is 11.8 Å². The molecular formula is C16H26N2O3. The van der Waals surface area contributed by atoms with E-state index < -0.39 is 5.54 Å². The van der Waals surface area contributed by atoms with Gasteiger partial charge in [0, 0.05) is 19.1 Å². The number of piperazine rings is 1. The summed E-state index contributed by atoms with van der Waals surface area (Å²) >= 11 is 0. The number of hydrogen-bond donors (Lipinski definition) is 1. The fraction of sp³-hybridized carbons (Fsp3) is 0.875. The van der Waals surface area contributed by atoms with E-state index in [9.17, 15) is 9.59 Å². The van der Waals surface area contributed by atoms with Crippen LogP contribution in [0.1, 0.15) is 46.0 Å². The maximum absolute atomic E-state index is 12.9. The van der Waals surface area contributed by atoms with Crippen LogP contribution in [0.2, 0.25) is 0 Å². The number of carbonyl (C=O) groups is 2. The predicted octanol–water partition coefficient (Wildman–Crippen LogP) is 1.32. The number of hydrogen-bond acceptors (Lipinski definition) is 3. The van der Waals surface area contributed by atoms with Crippen LogP contribution in [0.15, 0.2) is 0 Å². The van der Waals surface area contributed by atoms with Crippen molar-refractivity contribution in [1.82, 2.24) is 10.2 Å². The molecule has 0 bridgehead atoms. The van der Waals surface area contributed by atoms with E-state index in [-0.39, 0.29) is 17.9 Å². The average Bonchev–Trinajstić information content (AvgIpc) is 3.20. The van der Waals surface area contributed by atoms with Crippen LogP contribution in [0.5, 0.6) is 0 Å². The van der Waals surface area contributed by atoms with Crippen LogP contribution in [0.25, 0.3) is 0 Å². The predicted molar refractivity (Wildman–Crippen MR) is 78.6 cm³/mol. The number of amides is 2. The van der Waals surface area contributed by atoms with E-state index in [2.05, 4.69) is 5.32 Å². The first-order chi connectivity index (χ1) is 10.1. The van der Waals surface area contributed by atoms with Crippen LogP contribution in [0, 0.1) is 11.8 Å². The molecule has 118 valence electrons. The molecule has 1 N–H and O–H groups in total. The van der Waals surface area contributed by atoms with Gasteiger partial charge < -0.3 is 15.0 Å². The van der Waals surface area contributed by atoms with Crippen molar-refractivity contribution in [1.29, 1.82) is 0 Å². The fourth-order valence-corrected chi connectivity index (χ4v) is 3.79. The molecule has 0 spiro atoms. The minimum absolute atomic E-state index is 0.0444. The first-order valence-electron chi connectivity index (χ1n) is 8.32. The molecule has 2 atom stereocenters. The Bertz CT molecular complexity index is 423. The highest BCUT2D eigenvalue weighted by molar-refractivity contribution is 6.00. The largest absolute Gasteiger partial charge is 0.381 e.